The Hall–Kier alpha value is -2.25. The van der Waals surface area contributed by atoms with E-state index in [4.69, 9.17) is 0 Å². The predicted octanol–water partition coefficient (Wildman–Crippen LogP) is 4.09. The van der Waals surface area contributed by atoms with Crippen LogP contribution in [0, 0.1) is 6.92 Å². The normalized spacial score (nSPS) is 13.4. The third-order valence-corrected chi connectivity index (χ3v) is 7.14. The minimum absolute atomic E-state index is 0.156. The van der Waals surface area contributed by atoms with Gasteiger partial charge in [0.05, 0.1) is 11.5 Å². The number of carbonyl (C=O) groups is 1. The van der Waals surface area contributed by atoms with Gasteiger partial charge in [0.25, 0.3) is 0 Å². The summed E-state index contributed by atoms with van der Waals surface area (Å²) in [5.74, 6) is 2.21. The van der Waals surface area contributed by atoms with Crippen molar-refractivity contribution in [2.45, 2.75) is 35.7 Å². The molecule has 0 saturated heterocycles. The summed E-state index contributed by atoms with van der Waals surface area (Å²) >= 11 is 3.21. The van der Waals surface area contributed by atoms with Crippen LogP contribution in [-0.2, 0) is 30.6 Å². The molecule has 1 aliphatic rings. The Bertz CT molecular complexity index is 1000. The van der Waals surface area contributed by atoms with Gasteiger partial charge in [0, 0.05) is 25.0 Å². The fourth-order valence-corrected chi connectivity index (χ4v) is 5.01. The van der Waals surface area contributed by atoms with Gasteiger partial charge in [-0.3, -0.25) is 4.79 Å². The molecule has 0 bridgehead atoms. The molecule has 3 aromatic rings. The van der Waals surface area contributed by atoms with E-state index >= 15 is 0 Å². The maximum atomic E-state index is 12.7. The summed E-state index contributed by atoms with van der Waals surface area (Å²) in [6.45, 7) is 3.57. The molecule has 0 N–H and O–H groups in total. The molecule has 0 saturated carbocycles. The molecule has 0 fully saturated rings. The molecule has 150 valence electrons. The molecule has 7 heteroatoms. The molecular weight excluding hydrogens is 400 g/mol. The molecule has 0 atom stereocenters. The van der Waals surface area contributed by atoms with E-state index in [0.717, 1.165) is 29.7 Å². The van der Waals surface area contributed by atoms with E-state index in [1.807, 2.05) is 22.6 Å². The third kappa shape index (κ3) is 4.85. The van der Waals surface area contributed by atoms with Crippen molar-refractivity contribution >= 4 is 29.4 Å². The van der Waals surface area contributed by atoms with Crippen molar-refractivity contribution in [1.29, 1.82) is 0 Å². The van der Waals surface area contributed by atoms with Gasteiger partial charge in [-0.1, -0.05) is 53.7 Å². The number of rotatable bonds is 6. The Labute approximate surface area is 179 Å². The monoisotopic (exact) mass is 424 g/mol. The maximum Gasteiger partial charge on any atom is 0.233 e. The summed E-state index contributed by atoms with van der Waals surface area (Å²) in [7, 11) is 1.97. The molecule has 1 aliphatic heterocycles. The van der Waals surface area contributed by atoms with Crippen molar-refractivity contribution < 1.29 is 4.79 Å². The zero-order chi connectivity index (χ0) is 20.2. The van der Waals surface area contributed by atoms with Gasteiger partial charge in [-0.05, 0) is 36.6 Å². The number of hydrogen-bond donors (Lipinski definition) is 0. The minimum Gasteiger partial charge on any atom is -0.337 e. The highest BCUT2D eigenvalue weighted by molar-refractivity contribution is 7.99. The SMILES string of the molecule is Cc1ccc(SCc2nnc(SCC(=O)N3CCc4ccccc4C3)n2C)cc1. The summed E-state index contributed by atoms with van der Waals surface area (Å²) in [5.41, 5.74) is 3.87. The molecule has 0 unspecified atom stereocenters. The number of fused-ring (bicyclic) bond motifs is 1. The average molecular weight is 425 g/mol. The molecule has 0 radical (unpaired) electrons. The molecule has 4 rings (SSSR count). The smallest absolute Gasteiger partial charge is 0.233 e. The van der Waals surface area contributed by atoms with Crippen LogP contribution in [0.3, 0.4) is 0 Å². The van der Waals surface area contributed by atoms with Crippen molar-refractivity contribution in [2.75, 3.05) is 12.3 Å². The first-order valence-corrected chi connectivity index (χ1v) is 11.6. The van der Waals surface area contributed by atoms with Crippen LogP contribution < -0.4 is 0 Å². The van der Waals surface area contributed by atoms with Crippen LogP contribution in [-0.4, -0.2) is 37.9 Å². The van der Waals surface area contributed by atoms with E-state index in [9.17, 15) is 4.79 Å². The number of aryl methyl sites for hydroxylation is 1. The molecule has 1 amide bonds. The van der Waals surface area contributed by atoms with Gasteiger partial charge in [0.15, 0.2) is 5.16 Å². The second kappa shape index (κ2) is 9.05. The lowest BCUT2D eigenvalue weighted by Crippen LogP contribution is -2.37. The Morgan fingerprint density at radius 2 is 1.79 bits per heavy atom. The quantitative estimate of drug-likeness (QED) is 0.558. The van der Waals surface area contributed by atoms with Gasteiger partial charge >= 0.3 is 0 Å². The molecule has 29 heavy (non-hydrogen) atoms. The minimum atomic E-state index is 0.156. The Morgan fingerprint density at radius 1 is 1.03 bits per heavy atom. The fraction of sp³-hybridized carbons (Fsp3) is 0.318. The topological polar surface area (TPSA) is 51.0 Å². The number of carbonyl (C=O) groups excluding carboxylic acids is 1. The lowest BCUT2D eigenvalue weighted by atomic mass is 10.00. The first kappa shape index (κ1) is 20.0. The van der Waals surface area contributed by atoms with E-state index in [1.54, 1.807) is 11.8 Å². The van der Waals surface area contributed by atoms with E-state index in [1.165, 1.54) is 33.3 Å². The summed E-state index contributed by atoms with van der Waals surface area (Å²) < 4.78 is 1.99. The van der Waals surface area contributed by atoms with Crippen LogP contribution in [0.1, 0.15) is 22.5 Å². The van der Waals surface area contributed by atoms with E-state index in [0.29, 0.717) is 12.3 Å². The summed E-state index contributed by atoms with van der Waals surface area (Å²) in [6.07, 6.45) is 0.928. The van der Waals surface area contributed by atoms with Crippen LogP contribution in [0.4, 0.5) is 0 Å². The summed E-state index contributed by atoms with van der Waals surface area (Å²) in [6, 6.07) is 16.9. The number of aromatic nitrogens is 3. The second-order valence-corrected chi connectivity index (χ2v) is 9.17. The van der Waals surface area contributed by atoms with E-state index in [-0.39, 0.29) is 5.91 Å². The number of hydrogen-bond acceptors (Lipinski definition) is 5. The fourth-order valence-electron chi connectivity index (χ4n) is 3.30. The Morgan fingerprint density at radius 3 is 2.59 bits per heavy atom. The lowest BCUT2D eigenvalue weighted by molar-refractivity contribution is -0.129. The van der Waals surface area contributed by atoms with Crippen LogP contribution in [0.15, 0.2) is 58.6 Å². The van der Waals surface area contributed by atoms with Crippen LogP contribution in [0.2, 0.25) is 0 Å². The van der Waals surface area contributed by atoms with Gasteiger partial charge < -0.3 is 9.47 Å². The Kier molecular flexibility index (Phi) is 6.25. The van der Waals surface area contributed by atoms with Gasteiger partial charge in [-0.15, -0.1) is 22.0 Å². The molecular formula is C22H24N4OS2. The first-order valence-electron chi connectivity index (χ1n) is 9.65. The average Bonchev–Trinajstić information content (AvgIpc) is 3.10. The third-order valence-electron chi connectivity index (χ3n) is 5.12. The van der Waals surface area contributed by atoms with Crippen LogP contribution >= 0.6 is 23.5 Å². The number of benzene rings is 2. The zero-order valence-electron chi connectivity index (χ0n) is 16.7. The van der Waals surface area contributed by atoms with E-state index < -0.39 is 0 Å². The summed E-state index contributed by atoms with van der Waals surface area (Å²) in [4.78, 5) is 15.8. The standard InChI is InChI=1S/C22H24N4OS2/c1-16-7-9-19(10-8-16)28-14-20-23-24-22(25(20)2)29-15-21(27)26-12-11-17-5-3-4-6-18(17)13-26/h3-10H,11-15H2,1-2H3. The van der Waals surface area contributed by atoms with Gasteiger partial charge in [0.1, 0.15) is 5.82 Å². The first-order chi connectivity index (χ1) is 14.1. The van der Waals surface area contributed by atoms with Gasteiger partial charge in [-0.25, -0.2) is 0 Å². The van der Waals surface area contributed by atoms with Crippen molar-refractivity contribution in [3.8, 4) is 0 Å². The molecule has 2 heterocycles. The maximum absolute atomic E-state index is 12.7. The van der Waals surface area contributed by atoms with Crippen molar-refractivity contribution in [3.63, 3.8) is 0 Å². The largest absolute Gasteiger partial charge is 0.337 e. The Balaban J connectivity index is 1.31. The second-order valence-electron chi connectivity index (χ2n) is 7.18. The van der Waals surface area contributed by atoms with Crippen LogP contribution in [0.25, 0.3) is 0 Å². The van der Waals surface area contributed by atoms with E-state index in [2.05, 4.69) is 59.6 Å². The van der Waals surface area contributed by atoms with Gasteiger partial charge in [0.2, 0.25) is 5.91 Å². The summed E-state index contributed by atoms with van der Waals surface area (Å²) in [5, 5.41) is 9.39. The number of nitrogens with zero attached hydrogens (tertiary/aromatic N) is 4. The van der Waals surface area contributed by atoms with Crippen molar-refractivity contribution in [1.82, 2.24) is 19.7 Å². The molecule has 2 aromatic carbocycles. The highest BCUT2D eigenvalue weighted by Gasteiger charge is 2.21. The number of thioether (sulfide) groups is 2. The molecule has 1 aromatic heterocycles. The van der Waals surface area contributed by atoms with Crippen LogP contribution in [0.5, 0.6) is 0 Å². The molecule has 5 nitrogen and oxygen atoms in total. The van der Waals surface area contributed by atoms with Gasteiger partial charge in [-0.2, -0.15) is 0 Å². The predicted molar refractivity (Wildman–Crippen MR) is 118 cm³/mol. The zero-order valence-corrected chi connectivity index (χ0v) is 18.3. The highest BCUT2D eigenvalue weighted by Crippen LogP contribution is 2.25. The lowest BCUT2D eigenvalue weighted by Gasteiger charge is -2.28. The highest BCUT2D eigenvalue weighted by atomic mass is 32.2. The van der Waals surface area contributed by atoms with Crippen molar-refractivity contribution in [2.24, 2.45) is 7.05 Å². The number of amides is 1. The molecule has 0 spiro atoms. The molecule has 0 aliphatic carbocycles. The van der Waals surface area contributed by atoms with Crippen molar-refractivity contribution in [3.05, 3.63) is 71.0 Å².